The average molecular weight is 407 g/mol. The summed E-state index contributed by atoms with van der Waals surface area (Å²) in [5.74, 6) is 1.51. The van der Waals surface area contributed by atoms with Gasteiger partial charge in [0, 0.05) is 11.4 Å². The summed E-state index contributed by atoms with van der Waals surface area (Å²) in [5.41, 5.74) is 8.93. The zero-order valence-electron chi connectivity index (χ0n) is 17.1. The van der Waals surface area contributed by atoms with Gasteiger partial charge < -0.3 is 25.3 Å². The molecule has 0 aliphatic carbocycles. The third-order valence-corrected chi connectivity index (χ3v) is 5.03. The van der Waals surface area contributed by atoms with Gasteiger partial charge in [-0.1, -0.05) is 19.1 Å². The first kappa shape index (κ1) is 19.8. The Morgan fingerprint density at radius 1 is 1.23 bits per heavy atom. The van der Waals surface area contributed by atoms with Crippen LogP contribution in [0.15, 0.2) is 42.5 Å². The molecule has 0 radical (unpaired) electrons. The Balaban J connectivity index is 1.49. The van der Waals surface area contributed by atoms with Gasteiger partial charge >= 0.3 is 0 Å². The van der Waals surface area contributed by atoms with Gasteiger partial charge in [0.05, 0.1) is 22.5 Å². The fraction of sp³-hybridized carbons (Fsp3) is 0.304. The number of anilines is 1. The number of carbonyl (C=O) groups excluding carboxylic acids is 1. The molecule has 0 saturated carbocycles. The molecule has 3 aromatic rings. The van der Waals surface area contributed by atoms with E-state index < -0.39 is 0 Å². The summed E-state index contributed by atoms with van der Waals surface area (Å²) in [6, 6.07) is 12.6. The van der Waals surface area contributed by atoms with Gasteiger partial charge in [-0.05, 0) is 43.7 Å². The number of benzene rings is 2. The highest BCUT2D eigenvalue weighted by molar-refractivity contribution is 5.98. The van der Waals surface area contributed by atoms with E-state index in [-0.39, 0.29) is 11.9 Å². The van der Waals surface area contributed by atoms with E-state index in [9.17, 15) is 4.79 Å². The smallest absolute Gasteiger partial charge is 0.255 e. The highest BCUT2D eigenvalue weighted by Crippen LogP contribution is 2.34. The van der Waals surface area contributed by atoms with Crippen molar-refractivity contribution in [1.29, 1.82) is 0 Å². The van der Waals surface area contributed by atoms with Gasteiger partial charge in [0.2, 0.25) is 0 Å². The fourth-order valence-corrected chi connectivity index (χ4v) is 3.51. The number of hydrogen-bond acceptors (Lipinski definition) is 6. The molecule has 1 amide bonds. The van der Waals surface area contributed by atoms with Crippen LogP contribution in [-0.2, 0) is 0 Å². The summed E-state index contributed by atoms with van der Waals surface area (Å²) in [6.45, 7) is 5.11. The van der Waals surface area contributed by atoms with Gasteiger partial charge in [0.25, 0.3) is 5.91 Å². The predicted octanol–water partition coefficient (Wildman–Crippen LogP) is 3.48. The Bertz CT molecular complexity index is 1080. The molecule has 1 aliphatic rings. The number of rotatable bonds is 6. The van der Waals surface area contributed by atoms with E-state index in [0.29, 0.717) is 54.7 Å². The number of aromatic nitrogens is 1. The number of amides is 1. The molecular formula is C23H25N3O4. The number of carbonyl (C=O) groups is 1. The summed E-state index contributed by atoms with van der Waals surface area (Å²) in [4.78, 5) is 17.4. The number of nitrogens with zero attached hydrogens (tertiary/aromatic N) is 1. The number of pyridine rings is 1. The Kier molecular flexibility index (Phi) is 5.61. The third-order valence-electron chi connectivity index (χ3n) is 5.03. The molecule has 3 N–H and O–H groups in total. The minimum absolute atomic E-state index is 0.187. The zero-order valence-corrected chi connectivity index (χ0v) is 17.1. The number of hydrogen-bond donors (Lipinski definition) is 2. The lowest BCUT2D eigenvalue weighted by Gasteiger charge is -2.22. The Hall–Kier alpha value is -3.48. The van der Waals surface area contributed by atoms with Crippen LogP contribution in [0.25, 0.3) is 10.9 Å². The number of nitrogens with two attached hydrogens (primary N) is 1. The van der Waals surface area contributed by atoms with Crippen LogP contribution in [0.2, 0.25) is 0 Å². The second-order valence-corrected chi connectivity index (χ2v) is 7.22. The van der Waals surface area contributed by atoms with Crippen molar-refractivity contribution in [2.24, 2.45) is 0 Å². The van der Waals surface area contributed by atoms with Crippen LogP contribution in [0.3, 0.4) is 0 Å². The van der Waals surface area contributed by atoms with E-state index in [2.05, 4.69) is 10.3 Å². The van der Waals surface area contributed by atoms with Crippen LogP contribution in [0.5, 0.6) is 17.2 Å². The standard InChI is InChI=1S/C23H25N3O4/c1-3-15(26-23(27)16-6-4-9-20-22(16)29-11-10-28-20)13-30-19-8-5-7-18-21(19)17(24)12-14(2)25-18/h4-9,12,15H,3,10-11,13H2,1-2H3,(H2,24,25)(H,26,27). The maximum Gasteiger partial charge on any atom is 0.255 e. The van der Waals surface area contributed by atoms with Crippen molar-refractivity contribution in [3.63, 3.8) is 0 Å². The van der Waals surface area contributed by atoms with E-state index in [1.54, 1.807) is 18.2 Å². The molecule has 1 aromatic heterocycles. The SMILES string of the molecule is CCC(COc1cccc2nc(C)cc(N)c12)NC(=O)c1cccc2c1OCCO2. The zero-order chi connectivity index (χ0) is 21.1. The summed E-state index contributed by atoms with van der Waals surface area (Å²) in [5, 5.41) is 3.81. The molecule has 0 fully saturated rings. The van der Waals surface area contributed by atoms with E-state index in [1.165, 1.54) is 0 Å². The molecule has 156 valence electrons. The number of nitrogens with one attached hydrogen (secondary N) is 1. The summed E-state index contributed by atoms with van der Waals surface area (Å²) >= 11 is 0. The minimum atomic E-state index is -0.220. The van der Waals surface area contributed by atoms with Crippen LogP contribution < -0.4 is 25.3 Å². The van der Waals surface area contributed by atoms with Gasteiger partial charge in [0.15, 0.2) is 11.5 Å². The lowest BCUT2D eigenvalue weighted by atomic mass is 10.1. The first-order valence-electron chi connectivity index (χ1n) is 10.0. The summed E-state index contributed by atoms with van der Waals surface area (Å²) < 4.78 is 17.3. The molecule has 4 rings (SSSR count). The van der Waals surface area contributed by atoms with Crippen molar-refractivity contribution >= 4 is 22.5 Å². The third kappa shape index (κ3) is 3.96. The van der Waals surface area contributed by atoms with Crippen molar-refractivity contribution in [2.75, 3.05) is 25.6 Å². The molecule has 1 unspecified atom stereocenters. The normalized spacial score (nSPS) is 13.7. The number of aryl methyl sites for hydroxylation is 1. The topological polar surface area (TPSA) is 95.7 Å². The molecule has 1 aliphatic heterocycles. The fourth-order valence-electron chi connectivity index (χ4n) is 3.51. The van der Waals surface area contributed by atoms with Crippen LogP contribution >= 0.6 is 0 Å². The van der Waals surface area contributed by atoms with E-state index >= 15 is 0 Å². The van der Waals surface area contributed by atoms with Crippen LogP contribution in [0.4, 0.5) is 5.69 Å². The van der Waals surface area contributed by atoms with Crippen LogP contribution in [0, 0.1) is 6.92 Å². The van der Waals surface area contributed by atoms with Gasteiger partial charge in [-0.3, -0.25) is 9.78 Å². The maximum absolute atomic E-state index is 12.9. The highest BCUT2D eigenvalue weighted by Gasteiger charge is 2.22. The first-order valence-corrected chi connectivity index (χ1v) is 10.0. The van der Waals surface area contributed by atoms with Crippen molar-refractivity contribution in [3.8, 4) is 17.2 Å². The second-order valence-electron chi connectivity index (χ2n) is 7.22. The van der Waals surface area contributed by atoms with Crippen molar-refractivity contribution in [1.82, 2.24) is 10.3 Å². The van der Waals surface area contributed by atoms with Gasteiger partial charge in [-0.25, -0.2) is 0 Å². The van der Waals surface area contributed by atoms with E-state index in [0.717, 1.165) is 16.6 Å². The van der Waals surface area contributed by atoms with Crippen molar-refractivity contribution in [3.05, 3.63) is 53.7 Å². The maximum atomic E-state index is 12.9. The number of ether oxygens (including phenoxy) is 3. The molecule has 0 spiro atoms. The molecule has 7 heteroatoms. The van der Waals surface area contributed by atoms with E-state index in [1.807, 2.05) is 38.1 Å². The highest BCUT2D eigenvalue weighted by atomic mass is 16.6. The average Bonchev–Trinajstić information content (AvgIpc) is 2.75. The van der Waals surface area contributed by atoms with E-state index in [4.69, 9.17) is 19.9 Å². The Morgan fingerprint density at radius 3 is 2.87 bits per heavy atom. The summed E-state index contributed by atoms with van der Waals surface area (Å²) in [6.07, 6.45) is 0.704. The Morgan fingerprint density at radius 2 is 2.03 bits per heavy atom. The molecule has 7 nitrogen and oxygen atoms in total. The minimum Gasteiger partial charge on any atom is -0.491 e. The van der Waals surface area contributed by atoms with Crippen molar-refractivity contribution in [2.45, 2.75) is 26.3 Å². The van der Waals surface area contributed by atoms with Gasteiger partial charge in [-0.2, -0.15) is 0 Å². The molecule has 0 bridgehead atoms. The van der Waals surface area contributed by atoms with Gasteiger partial charge in [0.1, 0.15) is 25.6 Å². The lowest BCUT2D eigenvalue weighted by molar-refractivity contribution is 0.0909. The Labute approximate surface area is 175 Å². The van der Waals surface area contributed by atoms with Crippen LogP contribution in [-0.4, -0.2) is 36.8 Å². The molecule has 0 saturated heterocycles. The molecule has 1 atom stereocenters. The van der Waals surface area contributed by atoms with Crippen LogP contribution in [0.1, 0.15) is 29.4 Å². The number of fused-ring (bicyclic) bond motifs is 2. The predicted molar refractivity (Wildman–Crippen MR) is 115 cm³/mol. The monoisotopic (exact) mass is 407 g/mol. The second kappa shape index (κ2) is 8.49. The number of para-hydroxylation sites is 1. The summed E-state index contributed by atoms with van der Waals surface area (Å²) in [7, 11) is 0. The lowest BCUT2D eigenvalue weighted by Crippen LogP contribution is -2.39. The molecule has 2 aromatic carbocycles. The molecular weight excluding hydrogens is 382 g/mol. The first-order chi connectivity index (χ1) is 14.6. The van der Waals surface area contributed by atoms with Crippen molar-refractivity contribution < 1.29 is 19.0 Å². The quantitative estimate of drug-likeness (QED) is 0.649. The van der Waals surface area contributed by atoms with Gasteiger partial charge in [-0.15, -0.1) is 0 Å². The molecule has 2 heterocycles. The number of nitrogen functional groups attached to an aromatic ring is 1. The largest absolute Gasteiger partial charge is 0.491 e. The molecule has 30 heavy (non-hydrogen) atoms.